The van der Waals surface area contributed by atoms with Gasteiger partial charge in [0.05, 0.1) is 19.3 Å². The molecule has 0 spiro atoms. The summed E-state index contributed by atoms with van der Waals surface area (Å²) < 4.78 is 17.5. The van der Waals surface area contributed by atoms with Gasteiger partial charge in [0.2, 0.25) is 11.8 Å². The second-order valence-electron chi connectivity index (χ2n) is 10.7. The van der Waals surface area contributed by atoms with Gasteiger partial charge in [0, 0.05) is 26.1 Å². The number of hydrogen-bond acceptors (Lipinski definition) is 5. The van der Waals surface area contributed by atoms with Crippen LogP contribution in [0.15, 0.2) is 0 Å². The minimum absolute atomic E-state index is 0.0437. The van der Waals surface area contributed by atoms with Crippen LogP contribution in [-0.2, 0) is 23.8 Å². The summed E-state index contributed by atoms with van der Waals surface area (Å²) in [5.41, 5.74) is 5.16. The van der Waals surface area contributed by atoms with Crippen LogP contribution in [0, 0.1) is 5.92 Å². The van der Waals surface area contributed by atoms with Gasteiger partial charge in [-0.1, -0.05) is 90.9 Å². The van der Waals surface area contributed by atoms with E-state index >= 15 is 0 Å². The van der Waals surface area contributed by atoms with Crippen molar-refractivity contribution in [1.29, 1.82) is 0 Å². The van der Waals surface area contributed by atoms with E-state index in [1.807, 2.05) is 0 Å². The van der Waals surface area contributed by atoms with Gasteiger partial charge in [-0.25, -0.2) is 0 Å². The molecular weight excluding hydrogens is 456 g/mol. The highest BCUT2D eigenvalue weighted by Gasteiger charge is 2.19. The molecule has 0 aromatic rings. The van der Waals surface area contributed by atoms with E-state index in [1.165, 1.54) is 83.5 Å². The fourth-order valence-corrected chi connectivity index (χ4v) is 4.56. The van der Waals surface area contributed by atoms with E-state index in [0.717, 1.165) is 19.3 Å². The Hall–Kier alpha value is -1.18. The summed E-state index contributed by atoms with van der Waals surface area (Å²) in [4.78, 5) is 23.2. The van der Waals surface area contributed by atoms with Crippen LogP contribution < -0.4 is 11.1 Å². The molecule has 7 heteroatoms. The molecule has 0 aromatic carbocycles. The van der Waals surface area contributed by atoms with Gasteiger partial charge in [-0.05, 0) is 31.6 Å². The Labute approximate surface area is 221 Å². The number of rotatable bonds is 24. The smallest absolute Gasteiger partial charge is 0.220 e. The highest BCUT2D eigenvalue weighted by atomic mass is 16.7. The van der Waals surface area contributed by atoms with Crippen LogP contribution in [0.3, 0.4) is 0 Å². The third-order valence-electron chi connectivity index (χ3n) is 6.86. The third-order valence-corrected chi connectivity index (χ3v) is 6.86. The van der Waals surface area contributed by atoms with E-state index < -0.39 is 5.91 Å². The molecule has 7 nitrogen and oxygen atoms in total. The highest BCUT2D eigenvalue weighted by molar-refractivity contribution is 5.82. The van der Waals surface area contributed by atoms with Gasteiger partial charge in [0.25, 0.3) is 0 Å². The number of primary amides is 1. The molecule has 1 fully saturated rings. The summed E-state index contributed by atoms with van der Waals surface area (Å²) in [5.74, 6) is -0.196. The molecule has 212 valence electrons. The van der Waals surface area contributed by atoms with Crippen LogP contribution in [0.2, 0.25) is 0 Å². The van der Waals surface area contributed by atoms with Gasteiger partial charge in [-0.3, -0.25) is 9.59 Å². The molecular formula is C29H56N2O5. The summed E-state index contributed by atoms with van der Waals surface area (Å²) in [6, 6.07) is -0.269. The van der Waals surface area contributed by atoms with E-state index in [2.05, 4.69) is 19.2 Å². The number of carbonyl (C=O) groups is 2. The van der Waals surface area contributed by atoms with Crippen LogP contribution in [-0.4, -0.2) is 50.6 Å². The van der Waals surface area contributed by atoms with E-state index in [0.29, 0.717) is 32.3 Å². The molecule has 1 heterocycles. The molecule has 36 heavy (non-hydrogen) atoms. The molecule has 0 aliphatic carbocycles. The number of nitrogens with two attached hydrogens (primary N) is 1. The van der Waals surface area contributed by atoms with Gasteiger partial charge in [-0.15, -0.1) is 0 Å². The molecule has 3 N–H and O–H groups in total. The van der Waals surface area contributed by atoms with Gasteiger partial charge in [-0.2, -0.15) is 0 Å². The molecule has 0 bridgehead atoms. The summed E-state index contributed by atoms with van der Waals surface area (Å²) in [6.45, 7) is 6.61. The van der Waals surface area contributed by atoms with Crippen molar-refractivity contribution in [2.45, 2.75) is 142 Å². The molecule has 3 atom stereocenters. The lowest BCUT2D eigenvalue weighted by Crippen LogP contribution is -2.43. The van der Waals surface area contributed by atoms with Gasteiger partial charge in [0.15, 0.2) is 6.29 Å². The molecule has 3 unspecified atom stereocenters. The van der Waals surface area contributed by atoms with Crippen molar-refractivity contribution >= 4 is 11.8 Å². The number of hydrogen-bond donors (Lipinski definition) is 2. The molecule has 1 aliphatic heterocycles. The average Bonchev–Trinajstić information content (AvgIpc) is 2.87. The van der Waals surface area contributed by atoms with Crippen LogP contribution >= 0.6 is 0 Å². The fourth-order valence-electron chi connectivity index (χ4n) is 4.56. The number of carbonyl (C=O) groups excluding carboxylic acids is 2. The second kappa shape index (κ2) is 23.0. The molecule has 1 aliphatic rings. The topological polar surface area (TPSA) is 99.9 Å². The first-order valence-corrected chi connectivity index (χ1v) is 14.9. The zero-order valence-electron chi connectivity index (χ0n) is 23.4. The Balaban J connectivity index is 2.12. The van der Waals surface area contributed by atoms with Crippen molar-refractivity contribution in [1.82, 2.24) is 5.32 Å². The monoisotopic (exact) mass is 512 g/mol. The van der Waals surface area contributed by atoms with Crippen molar-refractivity contribution in [3.63, 3.8) is 0 Å². The van der Waals surface area contributed by atoms with Crippen LogP contribution in [0.5, 0.6) is 0 Å². The normalized spacial score (nSPS) is 17.6. The molecule has 1 rings (SSSR count). The van der Waals surface area contributed by atoms with Crippen molar-refractivity contribution in [3.8, 4) is 0 Å². The van der Waals surface area contributed by atoms with E-state index in [4.69, 9.17) is 19.9 Å². The Morgan fingerprint density at radius 2 is 1.53 bits per heavy atom. The van der Waals surface area contributed by atoms with E-state index in [9.17, 15) is 9.59 Å². The van der Waals surface area contributed by atoms with Crippen molar-refractivity contribution < 1.29 is 23.8 Å². The number of amides is 2. The van der Waals surface area contributed by atoms with Crippen LogP contribution in [0.4, 0.5) is 0 Å². The predicted octanol–water partition coefficient (Wildman–Crippen LogP) is 6.02. The molecule has 0 aromatic heterocycles. The third kappa shape index (κ3) is 19.9. The summed E-state index contributed by atoms with van der Waals surface area (Å²) in [5, 5.41) is 2.93. The Morgan fingerprint density at radius 1 is 0.889 bits per heavy atom. The van der Waals surface area contributed by atoms with Crippen molar-refractivity contribution in [2.75, 3.05) is 26.4 Å². The highest BCUT2D eigenvalue weighted by Crippen LogP contribution is 2.16. The van der Waals surface area contributed by atoms with Crippen LogP contribution in [0.1, 0.15) is 129 Å². The van der Waals surface area contributed by atoms with Crippen molar-refractivity contribution in [3.05, 3.63) is 0 Å². The maximum absolute atomic E-state index is 12.2. The minimum Gasteiger partial charge on any atom is -0.379 e. The Morgan fingerprint density at radius 3 is 2.11 bits per heavy atom. The molecule has 0 radical (unpaired) electrons. The largest absolute Gasteiger partial charge is 0.379 e. The van der Waals surface area contributed by atoms with Gasteiger partial charge >= 0.3 is 0 Å². The SMILES string of the molecule is CCCCCCCCCCCCCCC(C)COCC(COC1CCCCO1)NC(=O)CCC(N)=O. The zero-order chi connectivity index (χ0) is 26.3. The van der Waals surface area contributed by atoms with E-state index in [1.54, 1.807) is 0 Å². The summed E-state index contributed by atoms with van der Waals surface area (Å²) in [7, 11) is 0. The Kier molecular flexibility index (Phi) is 21.0. The lowest BCUT2D eigenvalue weighted by atomic mass is 10.0. The first-order chi connectivity index (χ1) is 17.5. The fraction of sp³-hybridized carbons (Fsp3) is 0.931. The maximum Gasteiger partial charge on any atom is 0.220 e. The molecule has 2 amide bonds. The molecule has 1 saturated heterocycles. The summed E-state index contributed by atoms with van der Waals surface area (Å²) >= 11 is 0. The predicted molar refractivity (Wildman–Crippen MR) is 146 cm³/mol. The molecule has 0 saturated carbocycles. The summed E-state index contributed by atoms with van der Waals surface area (Å²) in [6.07, 6.45) is 20.5. The number of nitrogens with one attached hydrogen (secondary N) is 1. The minimum atomic E-state index is -0.476. The van der Waals surface area contributed by atoms with Gasteiger partial charge in [0.1, 0.15) is 0 Å². The average molecular weight is 513 g/mol. The second-order valence-corrected chi connectivity index (χ2v) is 10.7. The lowest BCUT2D eigenvalue weighted by molar-refractivity contribution is -0.169. The van der Waals surface area contributed by atoms with E-state index in [-0.39, 0.29) is 31.1 Å². The standard InChI is InChI=1S/C29H56N2O5/c1-3-4-5-6-7-8-9-10-11-12-13-14-17-25(2)22-34-23-26(31-28(33)20-19-27(30)32)24-36-29-18-15-16-21-35-29/h25-26,29H,3-24H2,1-2H3,(H2,30,32)(H,31,33). The Bertz CT molecular complexity index is 540. The van der Waals surface area contributed by atoms with Gasteiger partial charge < -0.3 is 25.3 Å². The number of ether oxygens (including phenoxy) is 3. The zero-order valence-corrected chi connectivity index (χ0v) is 23.4. The van der Waals surface area contributed by atoms with Crippen molar-refractivity contribution in [2.24, 2.45) is 11.7 Å². The van der Waals surface area contributed by atoms with Crippen LogP contribution in [0.25, 0.3) is 0 Å². The lowest BCUT2D eigenvalue weighted by Gasteiger charge is -2.26. The first-order valence-electron chi connectivity index (χ1n) is 14.9. The first kappa shape index (κ1) is 32.8. The number of unbranched alkanes of at least 4 members (excludes halogenated alkanes) is 11. The quantitative estimate of drug-likeness (QED) is 0.154. The maximum atomic E-state index is 12.2.